The van der Waals surface area contributed by atoms with E-state index < -0.39 is 5.60 Å². The molecular formula is C23H24ClN9O2. The van der Waals surface area contributed by atoms with Gasteiger partial charge in [-0.15, -0.1) is 0 Å². The summed E-state index contributed by atoms with van der Waals surface area (Å²) in [4.78, 5) is 17.6. The van der Waals surface area contributed by atoms with Gasteiger partial charge in [0, 0.05) is 31.2 Å². The Morgan fingerprint density at radius 2 is 2.17 bits per heavy atom. The van der Waals surface area contributed by atoms with E-state index in [1.807, 2.05) is 13.8 Å². The Kier molecular flexibility index (Phi) is 4.94. The smallest absolute Gasteiger partial charge is 0.233 e. The summed E-state index contributed by atoms with van der Waals surface area (Å²) in [5, 5.41) is 8.14. The van der Waals surface area contributed by atoms with E-state index in [0.29, 0.717) is 51.0 Å². The lowest BCUT2D eigenvalue weighted by atomic mass is 9.84. The predicted octanol–water partition coefficient (Wildman–Crippen LogP) is 3.26. The van der Waals surface area contributed by atoms with Crippen molar-refractivity contribution < 1.29 is 9.47 Å². The number of rotatable bonds is 4. The highest BCUT2D eigenvalue weighted by atomic mass is 35.5. The number of nitrogens with two attached hydrogens (primary N) is 1. The van der Waals surface area contributed by atoms with Crippen LogP contribution >= 0.6 is 11.6 Å². The van der Waals surface area contributed by atoms with Gasteiger partial charge in [-0.1, -0.05) is 11.6 Å². The Morgan fingerprint density at radius 3 is 2.97 bits per heavy atom. The van der Waals surface area contributed by atoms with E-state index >= 15 is 0 Å². The van der Waals surface area contributed by atoms with Crippen LogP contribution in [-0.4, -0.2) is 52.7 Å². The van der Waals surface area contributed by atoms with Crippen molar-refractivity contribution in [3.05, 3.63) is 47.8 Å². The van der Waals surface area contributed by atoms with Gasteiger partial charge >= 0.3 is 0 Å². The van der Waals surface area contributed by atoms with Crippen molar-refractivity contribution in [2.24, 2.45) is 17.8 Å². The van der Waals surface area contributed by atoms with Gasteiger partial charge < -0.3 is 25.1 Å². The zero-order valence-electron chi connectivity index (χ0n) is 19.4. The van der Waals surface area contributed by atoms with Crippen LogP contribution in [0.5, 0.6) is 11.5 Å². The molecule has 0 amide bonds. The molecule has 3 N–H and O–H groups in total. The third kappa shape index (κ3) is 3.67. The SMILES string of the molecule is Cn1c(/N=C(N)\C=C2/N[C@H]3CC[C@H]3OC2(C)C)nc2ncc(Oc3cnn4ccncc34)c(Cl)c21. The largest absolute Gasteiger partial charge is 0.450 e. The Morgan fingerprint density at radius 1 is 1.31 bits per heavy atom. The van der Waals surface area contributed by atoms with Crippen LogP contribution in [0, 0.1) is 0 Å². The molecule has 12 heteroatoms. The third-order valence-corrected chi connectivity index (χ3v) is 6.82. The first-order valence-electron chi connectivity index (χ1n) is 11.3. The van der Waals surface area contributed by atoms with Crippen LogP contribution in [0.1, 0.15) is 26.7 Å². The van der Waals surface area contributed by atoms with Crippen molar-refractivity contribution in [3.8, 4) is 11.5 Å². The van der Waals surface area contributed by atoms with Gasteiger partial charge in [-0.05, 0) is 26.7 Å². The van der Waals surface area contributed by atoms with Gasteiger partial charge in [-0.2, -0.15) is 15.1 Å². The van der Waals surface area contributed by atoms with Gasteiger partial charge in [0.2, 0.25) is 5.95 Å². The zero-order valence-corrected chi connectivity index (χ0v) is 20.2. The van der Waals surface area contributed by atoms with Crippen LogP contribution in [0.3, 0.4) is 0 Å². The molecule has 1 saturated carbocycles. The molecule has 1 saturated heterocycles. The summed E-state index contributed by atoms with van der Waals surface area (Å²) < 4.78 is 15.6. The van der Waals surface area contributed by atoms with Crippen LogP contribution in [-0.2, 0) is 11.8 Å². The summed E-state index contributed by atoms with van der Waals surface area (Å²) >= 11 is 6.71. The molecular weight excluding hydrogens is 470 g/mol. The Hall–Kier alpha value is -3.70. The summed E-state index contributed by atoms with van der Waals surface area (Å²) in [6, 6.07) is 0.322. The Balaban J connectivity index is 1.32. The molecule has 6 rings (SSSR count). The molecule has 5 heterocycles. The number of morpholine rings is 1. The molecule has 0 aromatic carbocycles. The fourth-order valence-electron chi connectivity index (χ4n) is 4.38. The molecule has 4 aromatic rings. The number of pyridine rings is 1. The Bertz CT molecular complexity index is 1520. The molecule has 2 fully saturated rings. The minimum Gasteiger partial charge on any atom is -0.450 e. The first-order valence-corrected chi connectivity index (χ1v) is 11.6. The van der Waals surface area contributed by atoms with E-state index in [2.05, 4.69) is 30.4 Å². The number of nitrogens with zero attached hydrogens (tertiary/aromatic N) is 7. The second kappa shape index (κ2) is 7.92. The summed E-state index contributed by atoms with van der Waals surface area (Å²) in [5.41, 5.74) is 8.43. The monoisotopic (exact) mass is 493 g/mol. The quantitative estimate of drug-likeness (QED) is 0.327. The van der Waals surface area contributed by atoms with Gasteiger partial charge in [0.15, 0.2) is 17.1 Å². The van der Waals surface area contributed by atoms with E-state index in [9.17, 15) is 0 Å². The Labute approximate surface area is 205 Å². The van der Waals surface area contributed by atoms with Gasteiger partial charge in [0.05, 0.1) is 30.7 Å². The highest BCUT2D eigenvalue weighted by molar-refractivity contribution is 6.36. The summed E-state index contributed by atoms with van der Waals surface area (Å²) in [5.74, 6) is 1.55. The molecule has 1 aliphatic heterocycles. The number of hydrogen-bond acceptors (Lipinski definition) is 8. The van der Waals surface area contributed by atoms with Gasteiger partial charge in [0.1, 0.15) is 27.5 Å². The van der Waals surface area contributed by atoms with E-state index in [1.54, 1.807) is 47.0 Å². The van der Waals surface area contributed by atoms with Crippen molar-refractivity contribution in [3.63, 3.8) is 0 Å². The highest BCUT2D eigenvalue weighted by Gasteiger charge is 2.43. The molecule has 2 aliphatic rings. The normalized spacial score (nSPS) is 22.7. The number of ether oxygens (including phenoxy) is 2. The van der Waals surface area contributed by atoms with Crippen molar-refractivity contribution >= 4 is 40.1 Å². The van der Waals surface area contributed by atoms with Crippen molar-refractivity contribution in [1.82, 2.24) is 34.4 Å². The molecule has 1 aliphatic carbocycles. The molecule has 180 valence electrons. The standard InChI is InChI=1S/C23H24ClN9O2/c1-23(2)17(29-12-4-5-14(12)35-23)8-18(25)30-22-31-21-20(32(22)3)19(24)16(10-27-21)34-15-11-28-33-7-6-26-9-13(15)33/h6-12,14,29H,4-5H2,1-3H3,(H2,25,27,30,31)/b17-8-/t12-,14+/m0/s1. The molecule has 4 aromatic heterocycles. The topological polar surface area (TPSA) is 130 Å². The van der Waals surface area contributed by atoms with E-state index in [0.717, 1.165) is 18.5 Å². The number of hydrogen-bond donors (Lipinski definition) is 2. The number of fused-ring (bicyclic) bond motifs is 3. The number of aliphatic imine (C=N–C) groups is 1. The number of imidazole rings is 1. The van der Waals surface area contributed by atoms with Crippen LogP contribution in [0.2, 0.25) is 5.02 Å². The van der Waals surface area contributed by atoms with E-state index in [1.165, 1.54) is 6.20 Å². The minimum atomic E-state index is -0.473. The van der Waals surface area contributed by atoms with Crippen LogP contribution in [0.15, 0.2) is 47.7 Å². The fraction of sp³-hybridized carbons (Fsp3) is 0.348. The van der Waals surface area contributed by atoms with Crippen molar-refractivity contribution in [1.29, 1.82) is 0 Å². The van der Waals surface area contributed by atoms with Gasteiger partial charge in [-0.25, -0.2) is 9.50 Å². The lowest BCUT2D eigenvalue weighted by molar-refractivity contribution is -0.128. The van der Waals surface area contributed by atoms with Gasteiger partial charge in [-0.3, -0.25) is 4.98 Å². The predicted molar refractivity (Wildman–Crippen MR) is 131 cm³/mol. The molecule has 0 unspecified atom stereocenters. The van der Waals surface area contributed by atoms with Gasteiger partial charge in [0.25, 0.3) is 0 Å². The molecule has 0 bridgehead atoms. The lowest BCUT2D eigenvalue weighted by Crippen LogP contribution is -2.60. The second-order valence-corrected chi connectivity index (χ2v) is 9.56. The lowest BCUT2D eigenvalue weighted by Gasteiger charge is -2.49. The van der Waals surface area contributed by atoms with E-state index in [-0.39, 0.29) is 6.10 Å². The highest BCUT2D eigenvalue weighted by Crippen LogP contribution is 2.38. The summed E-state index contributed by atoms with van der Waals surface area (Å²) in [6.07, 6.45) is 12.4. The number of halogens is 1. The number of amidine groups is 1. The number of aryl methyl sites for hydroxylation is 1. The average Bonchev–Trinajstić information content (AvgIpc) is 3.36. The maximum absolute atomic E-state index is 6.71. The van der Waals surface area contributed by atoms with Crippen LogP contribution in [0.4, 0.5) is 5.95 Å². The molecule has 2 atom stereocenters. The van der Waals surface area contributed by atoms with Crippen molar-refractivity contribution in [2.75, 3.05) is 0 Å². The summed E-state index contributed by atoms with van der Waals surface area (Å²) in [7, 11) is 1.80. The number of nitrogens with one attached hydrogen (secondary N) is 1. The zero-order chi connectivity index (χ0) is 24.3. The third-order valence-electron chi connectivity index (χ3n) is 6.46. The van der Waals surface area contributed by atoms with Crippen LogP contribution in [0.25, 0.3) is 16.7 Å². The van der Waals surface area contributed by atoms with Crippen LogP contribution < -0.4 is 15.8 Å². The van der Waals surface area contributed by atoms with Crippen molar-refractivity contribution in [2.45, 2.75) is 44.4 Å². The average molecular weight is 494 g/mol. The first-order chi connectivity index (χ1) is 16.8. The number of aromatic nitrogens is 6. The molecule has 0 radical (unpaired) electrons. The van der Waals surface area contributed by atoms with E-state index in [4.69, 9.17) is 26.8 Å². The minimum absolute atomic E-state index is 0.252. The molecule has 35 heavy (non-hydrogen) atoms. The maximum Gasteiger partial charge on any atom is 0.233 e. The summed E-state index contributed by atoms with van der Waals surface area (Å²) in [6.45, 7) is 4.04. The molecule has 0 spiro atoms. The molecule has 11 nitrogen and oxygen atoms in total. The maximum atomic E-state index is 6.71. The fourth-order valence-corrected chi connectivity index (χ4v) is 4.68. The first kappa shape index (κ1) is 21.8. The second-order valence-electron chi connectivity index (χ2n) is 9.19.